The molecule has 0 aliphatic heterocycles. The van der Waals surface area contributed by atoms with E-state index in [9.17, 15) is 4.79 Å². The summed E-state index contributed by atoms with van der Waals surface area (Å²) in [5, 5.41) is 10.9. The van der Waals surface area contributed by atoms with Crippen LogP contribution in [0, 0.1) is 11.3 Å². The van der Waals surface area contributed by atoms with E-state index in [-0.39, 0.29) is 11.9 Å². The van der Waals surface area contributed by atoms with Crippen molar-refractivity contribution in [2.24, 2.45) is 5.73 Å². The number of amides is 1. The van der Waals surface area contributed by atoms with Crippen molar-refractivity contribution in [2.45, 2.75) is 25.8 Å². The first-order valence-electron chi connectivity index (χ1n) is 3.57. The molecule has 1 unspecified atom stereocenters. The molecular weight excluding hydrogens is 142 g/mol. The van der Waals surface area contributed by atoms with Crippen LogP contribution in [0.2, 0.25) is 0 Å². The molecule has 0 aliphatic carbocycles. The molecule has 0 bridgehead atoms. The summed E-state index contributed by atoms with van der Waals surface area (Å²) >= 11 is 0. The van der Waals surface area contributed by atoms with Gasteiger partial charge in [0.05, 0.1) is 12.5 Å². The van der Waals surface area contributed by atoms with Gasteiger partial charge in [-0.1, -0.05) is 0 Å². The Morgan fingerprint density at radius 2 is 2.45 bits per heavy atom. The average Bonchev–Trinajstić information content (AvgIpc) is 1.87. The van der Waals surface area contributed by atoms with Gasteiger partial charge in [0, 0.05) is 19.0 Å². The van der Waals surface area contributed by atoms with Crippen molar-refractivity contribution >= 4 is 5.91 Å². The third-order valence-electron chi connectivity index (χ3n) is 1.18. The van der Waals surface area contributed by atoms with Crippen LogP contribution in [0.4, 0.5) is 0 Å². The fourth-order valence-corrected chi connectivity index (χ4v) is 0.666. The Bertz CT molecular complexity index is 162. The van der Waals surface area contributed by atoms with E-state index in [4.69, 9.17) is 11.0 Å². The first-order chi connectivity index (χ1) is 5.20. The van der Waals surface area contributed by atoms with Gasteiger partial charge in [0.2, 0.25) is 5.91 Å². The van der Waals surface area contributed by atoms with E-state index < -0.39 is 0 Å². The molecule has 0 aromatic carbocycles. The number of nitrogens with one attached hydrogen (secondary N) is 1. The fraction of sp³-hybridized carbons (Fsp3) is 0.714. The molecule has 0 aromatic rings. The van der Waals surface area contributed by atoms with E-state index in [1.54, 1.807) is 6.92 Å². The molecule has 62 valence electrons. The van der Waals surface area contributed by atoms with Crippen LogP contribution in [0.5, 0.6) is 0 Å². The standard InChI is InChI=1S/C7H13N3O/c1-6(2-4-8)10-7(11)3-5-9/h6H,2-3,5,9H2,1H3,(H,10,11). The number of nitrogens with zero attached hydrogens (tertiary/aromatic N) is 1. The molecule has 11 heavy (non-hydrogen) atoms. The highest BCUT2D eigenvalue weighted by Crippen LogP contribution is 1.88. The van der Waals surface area contributed by atoms with Gasteiger partial charge in [0.25, 0.3) is 0 Å². The molecule has 1 atom stereocenters. The minimum Gasteiger partial charge on any atom is -0.353 e. The topological polar surface area (TPSA) is 78.9 Å². The Labute approximate surface area is 66.4 Å². The summed E-state index contributed by atoms with van der Waals surface area (Å²) in [5.41, 5.74) is 5.15. The second-order valence-electron chi connectivity index (χ2n) is 2.37. The lowest BCUT2D eigenvalue weighted by Crippen LogP contribution is -2.33. The Morgan fingerprint density at radius 3 is 2.91 bits per heavy atom. The molecule has 0 saturated carbocycles. The fourth-order valence-electron chi connectivity index (χ4n) is 0.666. The Kier molecular flexibility index (Phi) is 5.13. The van der Waals surface area contributed by atoms with E-state index >= 15 is 0 Å². The van der Waals surface area contributed by atoms with Crippen LogP contribution in [-0.2, 0) is 4.79 Å². The number of hydrogen-bond donors (Lipinski definition) is 2. The Balaban J connectivity index is 3.50. The number of carbonyl (C=O) groups is 1. The first-order valence-corrected chi connectivity index (χ1v) is 3.57. The maximum atomic E-state index is 10.8. The van der Waals surface area contributed by atoms with E-state index in [1.807, 2.05) is 6.07 Å². The van der Waals surface area contributed by atoms with Gasteiger partial charge in [-0.15, -0.1) is 0 Å². The van der Waals surface area contributed by atoms with E-state index in [0.29, 0.717) is 19.4 Å². The maximum absolute atomic E-state index is 10.8. The highest BCUT2D eigenvalue weighted by atomic mass is 16.1. The van der Waals surface area contributed by atoms with Crippen LogP contribution in [0.1, 0.15) is 19.8 Å². The molecule has 0 heterocycles. The van der Waals surface area contributed by atoms with Gasteiger partial charge < -0.3 is 11.1 Å². The molecule has 0 radical (unpaired) electrons. The lowest BCUT2D eigenvalue weighted by molar-refractivity contribution is -0.121. The number of nitriles is 1. The van der Waals surface area contributed by atoms with E-state index in [2.05, 4.69) is 5.32 Å². The average molecular weight is 155 g/mol. The SMILES string of the molecule is CC(CC#N)NC(=O)CCN. The minimum absolute atomic E-state index is 0.0703. The molecule has 0 rings (SSSR count). The summed E-state index contributed by atoms with van der Waals surface area (Å²) < 4.78 is 0. The Hall–Kier alpha value is -1.08. The smallest absolute Gasteiger partial charge is 0.221 e. The van der Waals surface area contributed by atoms with Gasteiger partial charge in [-0.2, -0.15) is 5.26 Å². The molecular formula is C7H13N3O. The van der Waals surface area contributed by atoms with Crippen molar-refractivity contribution in [2.75, 3.05) is 6.54 Å². The summed E-state index contributed by atoms with van der Waals surface area (Å²) in [7, 11) is 0. The molecule has 0 aliphatic rings. The monoisotopic (exact) mass is 155 g/mol. The molecule has 0 fully saturated rings. The summed E-state index contributed by atoms with van der Waals surface area (Å²) in [5.74, 6) is -0.0877. The predicted molar refractivity (Wildman–Crippen MR) is 41.5 cm³/mol. The van der Waals surface area contributed by atoms with Gasteiger partial charge >= 0.3 is 0 Å². The third kappa shape index (κ3) is 5.37. The number of rotatable bonds is 4. The van der Waals surface area contributed by atoms with Crippen molar-refractivity contribution in [1.29, 1.82) is 5.26 Å². The van der Waals surface area contributed by atoms with Crippen LogP contribution < -0.4 is 11.1 Å². The summed E-state index contributed by atoms with van der Waals surface area (Å²) in [6.45, 7) is 2.14. The molecule has 1 amide bonds. The largest absolute Gasteiger partial charge is 0.353 e. The highest BCUT2D eigenvalue weighted by molar-refractivity contribution is 5.76. The molecule has 4 heteroatoms. The minimum atomic E-state index is -0.0877. The van der Waals surface area contributed by atoms with Gasteiger partial charge in [0.1, 0.15) is 0 Å². The van der Waals surface area contributed by atoms with E-state index in [1.165, 1.54) is 0 Å². The van der Waals surface area contributed by atoms with Crippen molar-refractivity contribution in [1.82, 2.24) is 5.32 Å². The highest BCUT2D eigenvalue weighted by Gasteiger charge is 2.04. The second kappa shape index (κ2) is 5.69. The van der Waals surface area contributed by atoms with E-state index in [0.717, 1.165) is 0 Å². The van der Waals surface area contributed by atoms with Crippen molar-refractivity contribution in [3.05, 3.63) is 0 Å². The molecule has 0 spiro atoms. The Morgan fingerprint density at radius 1 is 1.82 bits per heavy atom. The van der Waals surface area contributed by atoms with Crippen LogP contribution in [0.15, 0.2) is 0 Å². The summed E-state index contributed by atoms with van der Waals surface area (Å²) in [6.07, 6.45) is 0.673. The summed E-state index contributed by atoms with van der Waals surface area (Å²) in [6, 6.07) is 1.90. The number of carbonyl (C=O) groups excluding carboxylic acids is 1. The zero-order chi connectivity index (χ0) is 8.69. The lowest BCUT2D eigenvalue weighted by atomic mass is 10.2. The first kappa shape index (κ1) is 9.92. The van der Waals surface area contributed by atoms with Crippen molar-refractivity contribution in [3.63, 3.8) is 0 Å². The van der Waals surface area contributed by atoms with Gasteiger partial charge in [0.15, 0.2) is 0 Å². The van der Waals surface area contributed by atoms with Crippen LogP contribution in [0.25, 0.3) is 0 Å². The zero-order valence-electron chi connectivity index (χ0n) is 6.63. The lowest BCUT2D eigenvalue weighted by Gasteiger charge is -2.08. The van der Waals surface area contributed by atoms with Crippen molar-refractivity contribution < 1.29 is 4.79 Å². The van der Waals surface area contributed by atoms with Gasteiger partial charge in [-0.3, -0.25) is 4.79 Å². The zero-order valence-corrected chi connectivity index (χ0v) is 6.63. The normalized spacial score (nSPS) is 11.7. The molecule has 0 saturated heterocycles. The third-order valence-corrected chi connectivity index (χ3v) is 1.18. The van der Waals surface area contributed by atoms with Crippen LogP contribution in [0.3, 0.4) is 0 Å². The van der Waals surface area contributed by atoms with Crippen molar-refractivity contribution in [3.8, 4) is 6.07 Å². The molecule has 4 nitrogen and oxygen atoms in total. The quantitative estimate of drug-likeness (QED) is 0.587. The second-order valence-corrected chi connectivity index (χ2v) is 2.37. The number of hydrogen-bond acceptors (Lipinski definition) is 3. The van der Waals surface area contributed by atoms with Crippen LogP contribution in [-0.4, -0.2) is 18.5 Å². The van der Waals surface area contributed by atoms with Gasteiger partial charge in [-0.05, 0) is 6.92 Å². The maximum Gasteiger partial charge on any atom is 0.221 e. The number of nitrogens with two attached hydrogens (primary N) is 1. The molecule has 0 aromatic heterocycles. The molecule has 3 N–H and O–H groups in total. The van der Waals surface area contributed by atoms with Gasteiger partial charge in [-0.25, -0.2) is 0 Å². The summed E-state index contributed by atoms with van der Waals surface area (Å²) in [4.78, 5) is 10.8. The predicted octanol–water partition coefficient (Wildman–Crippen LogP) is -0.246. The van der Waals surface area contributed by atoms with Crippen LogP contribution >= 0.6 is 0 Å².